The van der Waals surface area contributed by atoms with Crippen molar-refractivity contribution >= 4 is 5.96 Å². The first kappa shape index (κ1) is 21.3. The van der Waals surface area contributed by atoms with Gasteiger partial charge in [0.15, 0.2) is 11.7 Å². The van der Waals surface area contributed by atoms with Crippen LogP contribution in [0.2, 0.25) is 0 Å². The summed E-state index contributed by atoms with van der Waals surface area (Å²) in [6.07, 6.45) is 0.567. The van der Waals surface area contributed by atoms with Crippen LogP contribution in [-0.4, -0.2) is 53.4 Å². The molecule has 1 unspecified atom stereocenters. The lowest BCUT2D eigenvalue weighted by Crippen LogP contribution is -2.45. The number of nitrogens with zero attached hydrogens (tertiary/aromatic N) is 3. The van der Waals surface area contributed by atoms with Gasteiger partial charge in [-0.05, 0) is 30.4 Å². The Morgan fingerprint density at radius 2 is 2.07 bits per heavy atom. The van der Waals surface area contributed by atoms with Crippen LogP contribution in [0, 0.1) is 0 Å². The molecule has 2 heterocycles. The van der Waals surface area contributed by atoms with Crippen molar-refractivity contribution in [3.8, 4) is 0 Å². The first-order valence-corrected chi connectivity index (χ1v) is 10.5. The molecule has 1 aromatic carbocycles. The third kappa shape index (κ3) is 6.30. The smallest absolute Gasteiger partial charge is 0.191 e. The lowest BCUT2D eigenvalue weighted by molar-refractivity contribution is 0.108. The minimum atomic E-state index is -0.470. The number of nitrogens with one attached hydrogen (secondary N) is 2. The minimum Gasteiger partial charge on any atom is -0.390 e. The van der Waals surface area contributed by atoms with Gasteiger partial charge in [0.1, 0.15) is 6.54 Å². The number of guanidine groups is 1. The summed E-state index contributed by atoms with van der Waals surface area (Å²) in [7, 11) is 0. The fourth-order valence-corrected chi connectivity index (χ4v) is 3.46. The fraction of sp³-hybridized carbons (Fsp3) is 0.545. The van der Waals surface area contributed by atoms with E-state index in [1.165, 1.54) is 11.1 Å². The number of β-amino-alcohol motifs (C(OH)–C–C–N with tert-alkyl or cyclic N) is 1. The van der Waals surface area contributed by atoms with Crippen LogP contribution in [0.15, 0.2) is 39.8 Å². The molecule has 1 atom stereocenters. The third-order valence-corrected chi connectivity index (χ3v) is 5.09. The van der Waals surface area contributed by atoms with Gasteiger partial charge in [0.2, 0.25) is 0 Å². The molecule has 1 aliphatic heterocycles. The number of hydrogen-bond donors (Lipinski definition) is 3. The van der Waals surface area contributed by atoms with E-state index in [2.05, 4.69) is 63.8 Å². The van der Waals surface area contributed by atoms with Gasteiger partial charge in [-0.2, -0.15) is 0 Å². The van der Waals surface area contributed by atoms with Gasteiger partial charge in [-0.3, -0.25) is 4.90 Å². The fourth-order valence-electron chi connectivity index (χ4n) is 3.46. The molecule has 1 aromatic heterocycles. The van der Waals surface area contributed by atoms with E-state index < -0.39 is 6.10 Å². The van der Waals surface area contributed by atoms with Gasteiger partial charge in [-0.1, -0.05) is 43.3 Å². The number of rotatable bonds is 8. The van der Waals surface area contributed by atoms with Crippen LogP contribution >= 0.6 is 0 Å². The lowest BCUT2D eigenvalue weighted by atomic mass is 10.00. The Kier molecular flexibility index (Phi) is 7.66. The zero-order valence-corrected chi connectivity index (χ0v) is 17.7. The van der Waals surface area contributed by atoms with E-state index in [9.17, 15) is 5.11 Å². The van der Waals surface area contributed by atoms with Crippen molar-refractivity contribution in [1.82, 2.24) is 20.7 Å². The lowest BCUT2D eigenvalue weighted by Gasteiger charge is -2.30. The molecule has 0 amide bonds. The van der Waals surface area contributed by atoms with Crippen LogP contribution in [-0.2, 0) is 19.5 Å². The molecule has 0 radical (unpaired) electrons. The maximum absolute atomic E-state index is 10.5. The third-order valence-electron chi connectivity index (χ3n) is 5.09. The zero-order valence-electron chi connectivity index (χ0n) is 17.7. The van der Waals surface area contributed by atoms with E-state index in [4.69, 9.17) is 4.52 Å². The Hall–Kier alpha value is -2.38. The average Bonchev–Trinajstić information content (AvgIpc) is 3.19. The van der Waals surface area contributed by atoms with Gasteiger partial charge in [-0.15, -0.1) is 0 Å². The molecule has 3 N–H and O–H groups in total. The second kappa shape index (κ2) is 10.4. The molecular weight excluding hydrogens is 366 g/mol. The standard InChI is InChI=1S/C22H33N5O2/c1-4-23-22(25-13-20-11-21(16(2)3)26-29-20)24-12-19(28)15-27-10-9-17-7-5-6-8-18(17)14-27/h5-8,11,16,19,28H,4,9-10,12-15H2,1-3H3,(H2,23,24,25). The van der Waals surface area contributed by atoms with Gasteiger partial charge < -0.3 is 20.3 Å². The average molecular weight is 400 g/mol. The summed E-state index contributed by atoms with van der Waals surface area (Å²) in [5.41, 5.74) is 3.72. The van der Waals surface area contributed by atoms with Gasteiger partial charge in [0, 0.05) is 38.8 Å². The van der Waals surface area contributed by atoms with Crippen molar-refractivity contribution in [1.29, 1.82) is 0 Å². The molecule has 0 saturated carbocycles. The predicted octanol–water partition coefficient (Wildman–Crippen LogP) is 2.27. The summed E-state index contributed by atoms with van der Waals surface area (Å²) in [6, 6.07) is 10.5. The van der Waals surface area contributed by atoms with Gasteiger partial charge in [0.05, 0.1) is 11.8 Å². The van der Waals surface area contributed by atoms with Crippen LogP contribution in [0.4, 0.5) is 0 Å². The van der Waals surface area contributed by atoms with E-state index in [-0.39, 0.29) is 0 Å². The summed E-state index contributed by atoms with van der Waals surface area (Å²) < 4.78 is 5.34. The first-order valence-electron chi connectivity index (χ1n) is 10.5. The molecule has 7 nitrogen and oxygen atoms in total. The van der Waals surface area contributed by atoms with Crippen molar-refractivity contribution in [3.05, 3.63) is 52.9 Å². The topological polar surface area (TPSA) is 85.9 Å². The van der Waals surface area contributed by atoms with Crippen LogP contribution in [0.25, 0.3) is 0 Å². The molecule has 3 rings (SSSR count). The van der Waals surface area contributed by atoms with Crippen molar-refractivity contribution in [2.45, 2.75) is 52.3 Å². The van der Waals surface area contributed by atoms with Crippen molar-refractivity contribution in [3.63, 3.8) is 0 Å². The molecule has 158 valence electrons. The van der Waals surface area contributed by atoms with Crippen molar-refractivity contribution in [2.75, 3.05) is 26.2 Å². The SMILES string of the molecule is CCNC(=NCc1cc(C(C)C)no1)NCC(O)CN1CCc2ccccc2C1. The second-order valence-corrected chi connectivity index (χ2v) is 7.86. The maximum Gasteiger partial charge on any atom is 0.191 e. The van der Waals surface area contributed by atoms with Crippen LogP contribution in [0.3, 0.4) is 0 Å². The normalized spacial score (nSPS) is 16.0. The highest BCUT2D eigenvalue weighted by Crippen LogP contribution is 2.18. The Morgan fingerprint density at radius 3 is 2.79 bits per heavy atom. The predicted molar refractivity (Wildman–Crippen MR) is 115 cm³/mol. The zero-order chi connectivity index (χ0) is 20.6. The molecule has 0 bridgehead atoms. The number of benzene rings is 1. The minimum absolute atomic E-state index is 0.333. The number of fused-ring (bicyclic) bond motifs is 1. The van der Waals surface area contributed by atoms with E-state index in [0.29, 0.717) is 31.5 Å². The monoisotopic (exact) mass is 399 g/mol. The van der Waals surface area contributed by atoms with Crippen LogP contribution < -0.4 is 10.6 Å². The molecule has 7 heteroatoms. The molecular formula is C22H33N5O2. The molecule has 1 aliphatic rings. The molecule has 0 saturated heterocycles. The van der Waals surface area contributed by atoms with Crippen LogP contribution in [0.1, 0.15) is 49.3 Å². The van der Waals surface area contributed by atoms with Crippen LogP contribution in [0.5, 0.6) is 0 Å². The van der Waals surface area contributed by atoms with Gasteiger partial charge >= 0.3 is 0 Å². The Morgan fingerprint density at radius 1 is 1.28 bits per heavy atom. The summed E-state index contributed by atoms with van der Waals surface area (Å²) in [6.45, 7) is 10.3. The number of aliphatic hydroxyl groups is 1. The van der Waals surface area contributed by atoms with Crippen molar-refractivity contribution < 1.29 is 9.63 Å². The molecule has 29 heavy (non-hydrogen) atoms. The largest absolute Gasteiger partial charge is 0.390 e. The van der Waals surface area contributed by atoms with Gasteiger partial charge in [-0.25, -0.2) is 4.99 Å². The van der Waals surface area contributed by atoms with Gasteiger partial charge in [0.25, 0.3) is 0 Å². The summed E-state index contributed by atoms with van der Waals surface area (Å²) in [4.78, 5) is 6.85. The Bertz CT molecular complexity index is 802. The number of aromatic nitrogens is 1. The highest BCUT2D eigenvalue weighted by atomic mass is 16.5. The van der Waals surface area contributed by atoms with E-state index in [0.717, 1.165) is 37.5 Å². The molecule has 2 aromatic rings. The molecule has 0 fully saturated rings. The summed E-state index contributed by atoms with van der Waals surface area (Å²) >= 11 is 0. The maximum atomic E-state index is 10.5. The number of aliphatic imine (C=N–C) groups is 1. The van der Waals surface area contributed by atoms with E-state index >= 15 is 0 Å². The summed E-state index contributed by atoms with van der Waals surface area (Å²) in [5.74, 6) is 1.73. The molecule has 0 aliphatic carbocycles. The first-order chi connectivity index (χ1) is 14.0. The summed E-state index contributed by atoms with van der Waals surface area (Å²) in [5, 5.41) is 21.0. The number of aliphatic hydroxyl groups excluding tert-OH is 1. The highest BCUT2D eigenvalue weighted by Gasteiger charge is 2.18. The van der Waals surface area contributed by atoms with E-state index in [1.54, 1.807) is 0 Å². The second-order valence-electron chi connectivity index (χ2n) is 7.86. The Labute approximate surface area is 173 Å². The molecule has 0 spiro atoms. The van der Waals surface area contributed by atoms with Crippen molar-refractivity contribution in [2.24, 2.45) is 4.99 Å². The quantitative estimate of drug-likeness (QED) is 0.466. The Balaban J connectivity index is 1.47. The number of hydrogen-bond acceptors (Lipinski definition) is 5. The highest BCUT2D eigenvalue weighted by molar-refractivity contribution is 5.79. The van der Waals surface area contributed by atoms with E-state index in [1.807, 2.05) is 13.0 Å².